The molecule has 132 valence electrons. The number of benzene rings is 2. The van der Waals surface area contributed by atoms with Crippen LogP contribution >= 0.6 is 0 Å². The molecule has 1 aliphatic heterocycles. The van der Waals surface area contributed by atoms with Gasteiger partial charge in [0.15, 0.2) is 0 Å². The second kappa shape index (κ2) is 7.26. The quantitative estimate of drug-likeness (QED) is 0.667. The standard InChI is InChI=1S/C22H21FN2O/c1-25-13-11-19(20-6-2-3-7-21(20)23)18-10-9-17(14-16(18)15-25)26-22-8-4-5-12-24-22/h2-10,12,14,19H,11,13,15H2,1H3. The maximum atomic E-state index is 14.4. The number of aromatic nitrogens is 1. The Kier molecular flexibility index (Phi) is 4.67. The van der Waals surface area contributed by atoms with Crippen LogP contribution in [0.15, 0.2) is 66.9 Å². The maximum Gasteiger partial charge on any atom is 0.219 e. The molecule has 3 aromatic rings. The van der Waals surface area contributed by atoms with Gasteiger partial charge in [0, 0.05) is 24.7 Å². The number of pyridine rings is 1. The first-order chi connectivity index (χ1) is 12.7. The minimum atomic E-state index is -0.137. The van der Waals surface area contributed by atoms with Crippen molar-refractivity contribution < 1.29 is 9.13 Å². The Balaban J connectivity index is 1.71. The fraction of sp³-hybridized carbons (Fsp3) is 0.227. The predicted octanol–water partition coefficient (Wildman–Crippen LogP) is 4.98. The van der Waals surface area contributed by atoms with Gasteiger partial charge in [0.05, 0.1) is 0 Å². The summed E-state index contributed by atoms with van der Waals surface area (Å²) in [6.07, 6.45) is 2.60. The third-order valence-corrected chi connectivity index (χ3v) is 4.87. The van der Waals surface area contributed by atoms with E-state index in [-0.39, 0.29) is 11.7 Å². The predicted molar refractivity (Wildman–Crippen MR) is 99.9 cm³/mol. The van der Waals surface area contributed by atoms with Crippen molar-refractivity contribution in [1.82, 2.24) is 9.88 Å². The highest BCUT2D eigenvalue weighted by Crippen LogP contribution is 2.37. The lowest BCUT2D eigenvalue weighted by molar-refractivity contribution is 0.327. The molecule has 0 radical (unpaired) electrons. The Bertz CT molecular complexity index is 898. The smallest absolute Gasteiger partial charge is 0.219 e. The van der Waals surface area contributed by atoms with Gasteiger partial charge in [-0.25, -0.2) is 9.37 Å². The van der Waals surface area contributed by atoms with E-state index in [1.807, 2.05) is 36.4 Å². The molecule has 0 saturated heterocycles. The molecule has 1 atom stereocenters. The highest BCUT2D eigenvalue weighted by atomic mass is 19.1. The average molecular weight is 348 g/mol. The van der Waals surface area contributed by atoms with Crippen molar-refractivity contribution in [2.45, 2.75) is 18.9 Å². The van der Waals surface area contributed by atoms with Crippen molar-refractivity contribution in [2.24, 2.45) is 0 Å². The first-order valence-corrected chi connectivity index (χ1v) is 8.85. The topological polar surface area (TPSA) is 25.4 Å². The summed E-state index contributed by atoms with van der Waals surface area (Å²) < 4.78 is 20.3. The van der Waals surface area contributed by atoms with Crippen molar-refractivity contribution in [2.75, 3.05) is 13.6 Å². The van der Waals surface area contributed by atoms with Crippen molar-refractivity contribution in [1.29, 1.82) is 0 Å². The van der Waals surface area contributed by atoms with E-state index in [0.29, 0.717) is 5.88 Å². The molecule has 1 aliphatic rings. The monoisotopic (exact) mass is 348 g/mol. The summed E-state index contributed by atoms with van der Waals surface area (Å²) in [6, 6.07) is 18.8. The fourth-order valence-corrected chi connectivity index (χ4v) is 3.61. The van der Waals surface area contributed by atoms with E-state index < -0.39 is 0 Å². The van der Waals surface area contributed by atoms with Gasteiger partial charge in [-0.1, -0.05) is 30.3 Å². The first-order valence-electron chi connectivity index (χ1n) is 8.85. The molecule has 26 heavy (non-hydrogen) atoms. The molecule has 3 nitrogen and oxygen atoms in total. The van der Waals surface area contributed by atoms with Gasteiger partial charge >= 0.3 is 0 Å². The summed E-state index contributed by atoms with van der Waals surface area (Å²) in [5.41, 5.74) is 3.11. The van der Waals surface area contributed by atoms with Crippen molar-refractivity contribution in [3.8, 4) is 11.6 Å². The van der Waals surface area contributed by atoms with Crippen LogP contribution in [0.1, 0.15) is 29.0 Å². The van der Waals surface area contributed by atoms with E-state index in [4.69, 9.17) is 4.74 Å². The van der Waals surface area contributed by atoms with Crippen LogP contribution in [0.5, 0.6) is 11.6 Å². The minimum Gasteiger partial charge on any atom is -0.439 e. The summed E-state index contributed by atoms with van der Waals surface area (Å²) >= 11 is 0. The van der Waals surface area contributed by atoms with Crippen molar-refractivity contribution in [3.63, 3.8) is 0 Å². The summed E-state index contributed by atoms with van der Waals surface area (Å²) in [4.78, 5) is 6.48. The van der Waals surface area contributed by atoms with Gasteiger partial charge in [0.2, 0.25) is 5.88 Å². The molecule has 0 fully saturated rings. The number of nitrogens with zero attached hydrogens (tertiary/aromatic N) is 2. The Morgan fingerprint density at radius 1 is 1.04 bits per heavy atom. The van der Waals surface area contributed by atoms with Crippen LogP contribution in [0.2, 0.25) is 0 Å². The zero-order chi connectivity index (χ0) is 17.9. The number of hydrogen-bond donors (Lipinski definition) is 0. The summed E-state index contributed by atoms with van der Waals surface area (Å²) in [5, 5.41) is 0. The van der Waals surface area contributed by atoms with Crippen LogP contribution in [0.3, 0.4) is 0 Å². The largest absolute Gasteiger partial charge is 0.439 e. The van der Waals surface area contributed by atoms with Gasteiger partial charge in [0.1, 0.15) is 11.6 Å². The van der Waals surface area contributed by atoms with Crippen LogP contribution in [0.25, 0.3) is 0 Å². The highest BCUT2D eigenvalue weighted by molar-refractivity contribution is 5.44. The zero-order valence-electron chi connectivity index (χ0n) is 14.7. The van der Waals surface area contributed by atoms with Crippen molar-refractivity contribution >= 4 is 0 Å². The minimum absolute atomic E-state index is 0.0556. The number of hydrogen-bond acceptors (Lipinski definition) is 3. The van der Waals surface area contributed by atoms with Gasteiger partial charge in [-0.2, -0.15) is 0 Å². The van der Waals surface area contributed by atoms with E-state index in [0.717, 1.165) is 30.8 Å². The Labute approximate surface area is 153 Å². The molecular formula is C22H21FN2O. The molecular weight excluding hydrogens is 327 g/mol. The Morgan fingerprint density at radius 2 is 1.88 bits per heavy atom. The Hall–Kier alpha value is -2.72. The van der Waals surface area contributed by atoms with Gasteiger partial charge < -0.3 is 9.64 Å². The molecule has 0 bridgehead atoms. The zero-order valence-corrected chi connectivity index (χ0v) is 14.7. The molecule has 0 aliphatic carbocycles. The van der Waals surface area contributed by atoms with E-state index in [1.54, 1.807) is 18.3 Å². The number of rotatable bonds is 3. The second-order valence-corrected chi connectivity index (χ2v) is 6.73. The van der Waals surface area contributed by atoms with Crippen LogP contribution in [-0.2, 0) is 6.54 Å². The molecule has 1 aromatic heterocycles. The van der Waals surface area contributed by atoms with Crippen LogP contribution in [0, 0.1) is 5.82 Å². The molecule has 2 heterocycles. The van der Waals surface area contributed by atoms with E-state index in [1.165, 1.54) is 11.1 Å². The van der Waals surface area contributed by atoms with Gasteiger partial charge in [0.25, 0.3) is 0 Å². The van der Waals surface area contributed by atoms with Gasteiger partial charge in [-0.3, -0.25) is 0 Å². The summed E-state index contributed by atoms with van der Waals surface area (Å²) in [5.74, 6) is 1.24. The first kappa shape index (κ1) is 16.7. The normalized spacial score (nSPS) is 17.4. The van der Waals surface area contributed by atoms with E-state index in [2.05, 4.69) is 29.1 Å². The summed E-state index contributed by atoms with van der Waals surface area (Å²) in [6.45, 7) is 1.74. The van der Waals surface area contributed by atoms with Crippen LogP contribution < -0.4 is 4.74 Å². The fourth-order valence-electron chi connectivity index (χ4n) is 3.61. The molecule has 1 unspecified atom stereocenters. The number of fused-ring (bicyclic) bond motifs is 1. The number of halogens is 1. The molecule has 2 aromatic carbocycles. The Morgan fingerprint density at radius 3 is 2.69 bits per heavy atom. The number of ether oxygens (including phenoxy) is 1. The maximum absolute atomic E-state index is 14.4. The lowest BCUT2D eigenvalue weighted by Crippen LogP contribution is -2.17. The molecule has 4 heteroatoms. The SMILES string of the molecule is CN1CCC(c2ccccc2F)c2ccc(Oc3ccccn3)cc2C1. The molecule has 0 N–H and O–H groups in total. The summed E-state index contributed by atoms with van der Waals surface area (Å²) in [7, 11) is 2.10. The average Bonchev–Trinajstić information content (AvgIpc) is 2.81. The van der Waals surface area contributed by atoms with Gasteiger partial charge in [-0.05, 0) is 61.0 Å². The lowest BCUT2D eigenvalue weighted by Gasteiger charge is -2.19. The van der Waals surface area contributed by atoms with Crippen molar-refractivity contribution in [3.05, 3.63) is 89.4 Å². The van der Waals surface area contributed by atoms with Gasteiger partial charge in [-0.15, -0.1) is 0 Å². The molecule has 0 spiro atoms. The highest BCUT2D eigenvalue weighted by Gasteiger charge is 2.24. The third-order valence-electron chi connectivity index (χ3n) is 4.87. The molecule has 0 amide bonds. The van der Waals surface area contributed by atoms with Crippen LogP contribution in [0.4, 0.5) is 4.39 Å². The molecule has 4 rings (SSSR count). The van der Waals surface area contributed by atoms with Crippen LogP contribution in [-0.4, -0.2) is 23.5 Å². The van der Waals surface area contributed by atoms with E-state index >= 15 is 0 Å². The second-order valence-electron chi connectivity index (χ2n) is 6.73. The third kappa shape index (κ3) is 3.46. The molecule has 0 saturated carbocycles. The lowest BCUT2D eigenvalue weighted by atomic mass is 9.86. The van der Waals surface area contributed by atoms with E-state index in [9.17, 15) is 4.39 Å².